The van der Waals surface area contributed by atoms with Crippen molar-refractivity contribution < 1.29 is 0 Å². The number of nitrogens with zero attached hydrogens (tertiary/aromatic N) is 1. The van der Waals surface area contributed by atoms with Crippen LogP contribution in [0.1, 0.15) is 0 Å². The predicted molar refractivity (Wildman–Crippen MR) is 261 cm³/mol. The molecule has 1 nitrogen and oxygen atoms in total. The number of hydrogen-bond acceptors (Lipinski definition) is 1. The fraction of sp³-hybridized carbons (Fsp3) is 0. The Kier molecular flexibility index (Phi) is 9.26. The van der Waals surface area contributed by atoms with E-state index in [2.05, 4.69) is 254 Å². The second-order valence-electron chi connectivity index (χ2n) is 15.7. The van der Waals surface area contributed by atoms with Gasteiger partial charge in [0.15, 0.2) is 0 Å². The molecule has 0 saturated heterocycles. The zero-order valence-electron chi connectivity index (χ0n) is 33.6. The summed E-state index contributed by atoms with van der Waals surface area (Å²) in [7, 11) is 0. The number of benzene rings is 11. The third kappa shape index (κ3) is 6.93. The summed E-state index contributed by atoms with van der Waals surface area (Å²) in [6, 6.07) is 90.5. The van der Waals surface area contributed by atoms with Crippen LogP contribution in [0.2, 0.25) is 0 Å². The minimum Gasteiger partial charge on any atom is -0.310 e. The third-order valence-corrected chi connectivity index (χ3v) is 12.1. The average molecular weight is 776 g/mol. The van der Waals surface area contributed by atoms with Crippen molar-refractivity contribution >= 4 is 49.4 Å². The Morgan fingerprint density at radius 2 is 0.656 bits per heavy atom. The van der Waals surface area contributed by atoms with E-state index in [-0.39, 0.29) is 0 Å². The highest BCUT2D eigenvalue weighted by Gasteiger charge is 2.20. The van der Waals surface area contributed by atoms with Crippen LogP contribution < -0.4 is 4.90 Å². The average Bonchev–Trinajstić information content (AvgIpc) is 3.35. The lowest BCUT2D eigenvalue weighted by molar-refractivity contribution is 1.28. The van der Waals surface area contributed by atoms with Crippen LogP contribution in [0.25, 0.3) is 88.0 Å². The Balaban J connectivity index is 1.04. The minimum absolute atomic E-state index is 1.09. The first kappa shape index (κ1) is 36.1. The summed E-state index contributed by atoms with van der Waals surface area (Å²) in [5, 5.41) is 7.54. The maximum atomic E-state index is 2.43. The van der Waals surface area contributed by atoms with Gasteiger partial charge in [0.05, 0.1) is 5.69 Å². The SMILES string of the molecule is c1ccc(-c2ccc(-c3ccc(N(c4ccc(-c5ccc6c(ccc7ccccc76)c5)cc4)c4cc(-c5cccc6ccccc56)ccc4-c4ccccc4)cc3)cc2)cc1. The van der Waals surface area contributed by atoms with Gasteiger partial charge in [0.1, 0.15) is 0 Å². The van der Waals surface area contributed by atoms with Crippen LogP contribution in [0.15, 0.2) is 249 Å². The summed E-state index contributed by atoms with van der Waals surface area (Å²) in [5.74, 6) is 0. The van der Waals surface area contributed by atoms with Crippen molar-refractivity contribution in [3.05, 3.63) is 249 Å². The van der Waals surface area contributed by atoms with E-state index in [1.165, 1.54) is 82.4 Å². The fourth-order valence-corrected chi connectivity index (χ4v) is 8.93. The molecule has 11 aromatic rings. The Morgan fingerprint density at radius 3 is 1.31 bits per heavy atom. The summed E-state index contributed by atoms with van der Waals surface area (Å²) in [6.45, 7) is 0. The highest BCUT2D eigenvalue weighted by molar-refractivity contribution is 6.08. The Morgan fingerprint density at radius 1 is 0.213 bits per heavy atom. The molecule has 0 aliphatic rings. The smallest absolute Gasteiger partial charge is 0.0546 e. The molecule has 286 valence electrons. The molecule has 0 spiro atoms. The topological polar surface area (TPSA) is 3.24 Å². The molecule has 11 rings (SSSR count). The van der Waals surface area contributed by atoms with E-state index in [1.807, 2.05) is 0 Å². The van der Waals surface area contributed by atoms with Crippen molar-refractivity contribution in [3.8, 4) is 55.6 Å². The third-order valence-electron chi connectivity index (χ3n) is 12.1. The van der Waals surface area contributed by atoms with E-state index in [4.69, 9.17) is 0 Å². The van der Waals surface area contributed by atoms with Crippen LogP contribution in [-0.4, -0.2) is 0 Å². The fourth-order valence-electron chi connectivity index (χ4n) is 8.93. The summed E-state index contributed by atoms with van der Waals surface area (Å²) in [5.41, 5.74) is 15.2. The van der Waals surface area contributed by atoms with Crippen LogP contribution in [0.5, 0.6) is 0 Å². The van der Waals surface area contributed by atoms with E-state index in [1.54, 1.807) is 0 Å². The standard InChI is InChI=1S/C60H41N/c1-3-12-42(13-4-1)43-22-24-44(25-23-43)45-28-34-53(35-29-45)61(54-36-30-46(31-37-54)50-32-38-58-51(40-50)27-26-49-17-8-10-20-56(49)58)60-41-52(33-39-59(60)48-14-5-2-6-15-48)57-21-11-18-47-16-7-9-19-55(47)57/h1-41H. The van der Waals surface area contributed by atoms with Gasteiger partial charge in [0.2, 0.25) is 0 Å². The number of fused-ring (bicyclic) bond motifs is 4. The molecule has 0 aliphatic heterocycles. The molecule has 1 heteroatoms. The summed E-state index contributed by atoms with van der Waals surface area (Å²) in [4.78, 5) is 2.43. The second kappa shape index (κ2) is 15.6. The van der Waals surface area contributed by atoms with Gasteiger partial charge in [-0.25, -0.2) is 0 Å². The van der Waals surface area contributed by atoms with Crippen molar-refractivity contribution in [2.45, 2.75) is 0 Å². The zero-order valence-corrected chi connectivity index (χ0v) is 33.6. The normalized spacial score (nSPS) is 11.3. The molecule has 0 amide bonds. The van der Waals surface area contributed by atoms with Crippen molar-refractivity contribution in [2.24, 2.45) is 0 Å². The largest absolute Gasteiger partial charge is 0.310 e. The first-order valence-corrected chi connectivity index (χ1v) is 21.0. The first-order chi connectivity index (χ1) is 30.2. The molecular formula is C60H41N. The molecule has 0 fully saturated rings. The van der Waals surface area contributed by atoms with Gasteiger partial charge in [0, 0.05) is 16.9 Å². The van der Waals surface area contributed by atoms with Crippen molar-refractivity contribution in [2.75, 3.05) is 4.90 Å². The highest BCUT2D eigenvalue weighted by Crippen LogP contribution is 2.45. The molecule has 61 heavy (non-hydrogen) atoms. The summed E-state index contributed by atoms with van der Waals surface area (Å²) >= 11 is 0. The molecule has 0 atom stereocenters. The monoisotopic (exact) mass is 775 g/mol. The predicted octanol–water partition coefficient (Wildman–Crippen LogP) is 17.0. The highest BCUT2D eigenvalue weighted by atomic mass is 15.1. The molecule has 0 N–H and O–H groups in total. The van der Waals surface area contributed by atoms with Gasteiger partial charge in [0.25, 0.3) is 0 Å². The summed E-state index contributed by atoms with van der Waals surface area (Å²) < 4.78 is 0. The molecule has 11 aromatic carbocycles. The van der Waals surface area contributed by atoms with Crippen molar-refractivity contribution in [1.82, 2.24) is 0 Å². The number of rotatable bonds is 8. The van der Waals surface area contributed by atoms with Crippen LogP contribution in [0, 0.1) is 0 Å². The molecule has 0 bridgehead atoms. The summed E-state index contributed by atoms with van der Waals surface area (Å²) in [6.07, 6.45) is 0. The molecule has 0 unspecified atom stereocenters. The molecule has 0 aromatic heterocycles. The van der Waals surface area contributed by atoms with Gasteiger partial charge in [-0.2, -0.15) is 0 Å². The van der Waals surface area contributed by atoms with Crippen LogP contribution >= 0.6 is 0 Å². The van der Waals surface area contributed by atoms with Gasteiger partial charge in [-0.3, -0.25) is 0 Å². The van der Waals surface area contributed by atoms with Crippen LogP contribution in [-0.2, 0) is 0 Å². The van der Waals surface area contributed by atoms with Gasteiger partial charge in [-0.15, -0.1) is 0 Å². The van der Waals surface area contributed by atoms with Crippen molar-refractivity contribution in [1.29, 1.82) is 0 Å². The van der Waals surface area contributed by atoms with Crippen LogP contribution in [0.3, 0.4) is 0 Å². The maximum absolute atomic E-state index is 2.43. The van der Waals surface area contributed by atoms with E-state index >= 15 is 0 Å². The first-order valence-electron chi connectivity index (χ1n) is 21.0. The lowest BCUT2D eigenvalue weighted by Gasteiger charge is -2.29. The number of anilines is 3. The number of hydrogen-bond donors (Lipinski definition) is 0. The Hall–Kier alpha value is -8.00. The minimum atomic E-state index is 1.09. The van der Waals surface area contributed by atoms with Crippen LogP contribution in [0.4, 0.5) is 17.1 Å². The van der Waals surface area contributed by atoms with Gasteiger partial charge in [-0.1, -0.05) is 212 Å². The lowest BCUT2D eigenvalue weighted by Crippen LogP contribution is -2.11. The van der Waals surface area contributed by atoms with E-state index in [0.29, 0.717) is 0 Å². The van der Waals surface area contributed by atoms with E-state index < -0.39 is 0 Å². The second-order valence-corrected chi connectivity index (χ2v) is 15.7. The van der Waals surface area contributed by atoms with Gasteiger partial charge >= 0.3 is 0 Å². The van der Waals surface area contributed by atoms with Gasteiger partial charge < -0.3 is 4.90 Å². The lowest BCUT2D eigenvalue weighted by atomic mass is 9.94. The molecule has 0 radical (unpaired) electrons. The van der Waals surface area contributed by atoms with E-state index in [9.17, 15) is 0 Å². The molecular weight excluding hydrogens is 735 g/mol. The Bertz CT molecular complexity index is 3310. The van der Waals surface area contributed by atoms with E-state index in [0.717, 1.165) is 22.6 Å². The molecule has 0 heterocycles. The maximum Gasteiger partial charge on any atom is 0.0546 e. The zero-order chi connectivity index (χ0) is 40.5. The van der Waals surface area contributed by atoms with Crippen molar-refractivity contribution in [3.63, 3.8) is 0 Å². The Labute approximate surface area is 357 Å². The quantitative estimate of drug-likeness (QED) is 0.139. The van der Waals surface area contributed by atoms with Gasteiger partial charge in [-0.05, 0) is 119 Å². The molecule has 0 aliphatic carbocycles. The molecule has 0 saturated carbocycles.